The number of benzene rings is 1. The molecule has 0 saturated carbocycles. The first-order valence-corrected chi connectivity index (χ1v) is 8.52. The predicted molar refractivity (Wildman–Crippen MR) is 89.3 cm³/mol. The summed E-state index contributed by atoms with van der Waals surface area (Å²) in [6.07, 6.45) is 6.79. The first-order valence-electron chi connectivity index (χ1n) is 7.30. The topological polar surface area (TPSA) is 21.3 Å². The van der Waals surface area contributed by atoms with Crippen LogP contribution >= 0.6 is 11.8 Å². The Morgan fingerprint density at radius 3 is 2.65 bits per heavy atom. The van der Waals surface area contributed by atoms with Crippen LogP contribution in [0.3, 0.4) is 0 Å². The van der Waals surface area contributed by atoms with Crippen LogP contribution in [0.5, 0.6) is 0 Å². The summed E-state index contributed by atoms with van der Waals surface area (Å²) in [6.45, 7) is 6.02. The summed E-state index contributed by atoms with van der Waals surface area (Å²) in [5, 5.41) is 3.62. The van der Waals surface area contributed by atoms with E-state index in [2.05, 4.69) is 54.9 Å². The van der Waals surface area contributed by atoms with Crippen molar-refractivity contribution in [1.29, 1.82) is 0 Å². The minimum absolute atomic E-state index is 0.366. The summed E-state index contributed by atoms with van der Waals surface area (Å²) >= 11 is 1.99. The molecule has 2 rings (SSSR count). The first kappa shape index (κ1) is 15.6. The van der Waals surface area contributed by atoms with E-state index in [1.54, 1.807) is 0 Å². The van der Waals surface area contributed by atoms with Gasteiger partial charge in [-0.25, -0.2) is 0 Å². The maximum atomic E-state index is 5.48. The van der Waals surface area contributed by atoms with E-state index in [1.807, 2.05) is 11.8 Å². The molecule has 0 aromatic heterocycles. The minimum atomic E-state index is 0.366. The zero-order valence-corrected chi connectivity index (χ0v) is 13.3. The molecule has 1 heterocycles. The molecule has 1 N–H and O–H groups in total. The second-order valence-electron chi connectivity index (χ2n) is 5.50. The van der Waals surface area contributed by atoms with Crippen molar-refractivity contribution in [3.05, 3.63) is 41.5 Å². The first-order chi connectivity index (χ1) is 9.74. The second-order valence-corrected chi connectivity index (χ2v) is 6.78. The van der Waals surface area contributed by atoms with Crippen LogP contribution in [0.25, 0.3) is 6.08 Å². The lowest BCUT2D eigenvalue weighted by molar-refractivity contribution is 0.0775. The van der Waals surface area contributed by atoms with Gasteiger partial charge in [0.1, 0.15) is 0 Å². The Bertz CT molecular complexity index is 424. The van der Waals surface area contributed by atoms with E-state index in [0.29, 0.717) is 4.75 Å². The Balaban J connectivity index is 1.81. The Morgan fingerprint density at radius 1 is 1.30 bits per heavy atom. The lowest BCUT2D eigenvalue weighted by Gasteiger charge is -2.35. The fourth-order valence-corrected chi connectivity index (χ4v) is 3.39. The third kappa shape index (κ3) is 4.65. The van der Waals surface area contributed by atoms with Gasteiger partial charge in [-0.15, -0.1) is 0 Å². The van der Waals surface area contributed by atoms with Gasteiger partial charge in [-0.05, 0) is 31.6 Å². The third-order valence-electron chi connectivity index (χ3n) is 3.90. The molecule has 20 heavy (non-hydrogen) atoms. The summed E-state index contributed by atoms with van der Waals surface area (Å²) in [6, 6.07) is 10.5. The van der Waals surface area contributed by atoms with Crippen LogP contribution in [0.2, 0.25) is 0 Å². The summed E-state index contributed by atoms with van der Waals surface area (Å²) in [7, 11) is 0. The summed E-state index contributed by atoms with van der Waals surface area (Å²) in [4.78, 5) is 0. The van der Waals surface area contributed by atoms with Crippen molar-refractivity contribution in [2.45, 2.75) is 24.5 Å². The molecule has 1 saturated heterocycles. The number of nitrogens with one attached hydrogen (secondary N) is 1. The smallest absolute Gasteiger partial charge is 0.0479 e. The van der Waals surface area contributed by atoms with Crippen LogP contribution in [-0.2, 0) is 4.74 Å². The summed E-state index contributed by atoms with van der Waals surface area (Å²) in [5.41, 5.74) is 2.65. The Kier molecular flexibility index (Phi) is 6.14. The standard InChI is InChI=1S/C17H25NOS/c1-15(12-16-6-4-3-5-7-16)13-18-14-17(20-2)8-10-19-11-9-17/h3-7,12,18H,8-11,13-14H2,1-2H3/b15-12+. The highest BCUT2D eigenvalue weighted by Gasteiger charge is 2.31. The van der Waals surface area contributed by atoms with E-state index in [-0.39, 0.29) is 0 Å². The van der Waals surface area contributed by atoms with Crippen LogP contribution in [0.4, 0.5) is 0 Å². The van der Waals surface area contributed by atoms with Crippen LogP contribution in [-0.4, -0.2) is 37.3 Å². The Labute approximate surface area is 127 Å². The quantitative estimate of drug-likeness (QED) is 0.865. The molecule has 0 aliphatic carbocycles. The van der Waals surface area contributed by atoms with Gasteiger partial charge >= 0.3 is 0 Å². The highest BCUT2D eigenvalue weighted by molar-refractivity contribution is 8.00. The van der Waals surface area contributed by atoms with E-state index in [4.69, 9.17) is 4.74 Å². The van der Waals surface area contributed by atoms with Gasteiger partial charge < -0.3 is 10.1 Å². The van der Waals surface area contributed by atoms with Gasteiger partial charge in [-0.2, -0.15) is 11.8 Å². The molecule has 0 bridgehead atoms. The normalized spacial score (nSPS) is 19.0. The fraction of sp³-hybridized carbons (Fsp3) is 0.529. The number of hydrogen-bond acceptors (Lipinski definition) is 3. The van der Waals surface area contributed by atoms with Gasteiger partial charge in [-0.1, -0.05) is 42.0 Å². The largest absolute Gasteiger partial charge is 0.381 e. The van der Waals surface area contributed by atoms with E-state index < -0.39 is 0 Å². The molecule has 0 amide bonds. The Morgan fingerprint density at radius 2 is 2.00 bits per heavy atom. The molecular weight excluding hydrogens is 266 g/mol. The molecule has 3 heteroatoms. The summed E-state index contributed by atoms with van der Waals surface area (Å²) < 4.78 is 5.85. The van der Waals surface area contributed by atoms with Crippen molar-refractivity contribution in [2.24, 2.45) is 0 Å². The average molecular weight is 291 g/mol. The van der Waals surface area contributed by atoms with Gasteiger partial charge in [0.05, 0.1) is 0 Å². The average Bonchev–Trinajstić information content (AvgIpc) is 2.49. The molecule has 1 aliphatic heterocycles. The van der Waals surface area contributed by atoms with Crippen molar-refractivity contribution in [1.82, 2.24) is 5.32 Å². The molecule has 1 aliphatic rings. The van der Waals surface area contributed by atoms with E-state index in [9.17, 15) is 0 Å². The molecule has 1 aromatic carbocycles. The molecule has 0 atom stereocenters. The van der Waals surface area contributed by atoms with E-state index in [0.717, 1.165) is 39.1 Å². The van der Waals surface area contributed by atoms with Crippen molar-refractivity contribution >= 4 is 17.8 Å². The van der Waals surface area contributed by atoms with Gasteiger partial charge in [0, 0.05) is 31.1 Å². The molecule has 1 aromatic rings. The maximum absolute atomic E-state index is 5.48. The lowest BCUT2D eigenvalue weighted by Crippen LogP contribution is -2.42. The molecule has 2 nitrogen and oxygen atoms in total. The van der Waals surface area contributed by atoms with Crippen LogP contribution in [0, 0.1) is 0 Å². The number of hydrogen-bond donors (Lipinski definition) is 1. The highest BCUT2D eigenvalue weighted by Crippen LogP contribution is 2.32. The van der Waals surface area contributed by atoms with Crippen molar-refractivity contribution < 1.29 is 4.74 Å². The zero-order valence-electron chi connectivity index (χ0n) is 12.5. The number of thioether (sulfide) groups is 1. The predicted octanol–water partition coefficient (Wildman–Crippen LogP) is 3.59. The van der Waals surface area contributed by atoms with Crippen LogP contribution < -0.4 is 5.32 Å². The van der Waals surface area contributed by atoms with Crippen LogP contribution in [0.1, 0.15) is 25.3 Å². The van der Waals surface area contributed by atoms with Gasteiger partial charge in [-0.3, -0.25) is 0 Å². The van der Waals surface area contributed by atoms with Gasteiger partial charge in [0.2, 0.25) is 0 Å². The lowest BCUT2D eigenvalue weighted by atomic mass is 9.99. The van der Waals surface area contributed by atoms with Gasteiger partial charge in [0.15, 0.2) is 0 Å². The molecular formula is C17H25NOS. The monoisotopic (exact) mass is 291 g/mol. The summed E-state index contributed by atoms with van der Waals surface area (Å²) in [5.74, 6) is 0. The van der Waals surface area contributed by atoms with Crippen molar-refractivity contribution in [2.75, 3.05) is 32.6 Å². The fourth-order valence-electron chi connectivity index (χ4n) is 2.57. The molecule has 0 unspecified atom stereocenters. The molecule has 1 fully saturated rings. The van der Waals surface area contributed by atoms with Gasteiger partial charge in [0.25, 0.3) is 0 Å². The number of ether oxygens (including phenoxy) is 1. The minimum Gasteiger partial charge on any atom is -0.381 e. The molecule has 110 valence electrons. The zero-order chi connectivity index (χ0) is 14.3. The van der Waals surface area contributed by atoms with E-state index in [1.165, 1.54) is 11.1 Å². The maximum Gasteiger partial charge on any atom is 0.0479 e. The SMILES string of the molecule is CSC1(CNC/C(C)=C/c2ccccc2)CCOCC1. The van der Waals surface area contributed by atoms with Crippen LogP contribution in [0.15, 0.2) is 35.9 Å². The Hall–Kier alpha value is -0.770. The number of rotatable bonds is 6. The third-order valence-corrected chi connectivity index (χ3v) is 5.32. The second kappa shape index (κ2) is 7.87. The molecule has 0 radical (unpaired) electrons. The highest BCUT2D eigenvalue weighted by atomic mass is 32.2. The van der Waals surface area contributed by atoms with Crippen molar-refractivity contribution in [3.8, 4) is 0 Å². The van der Waals surface area contributed by atoms with E-state index >= 15 is 0 Å². The van der Waals surface area contributed by atoms with Crippen molar-refractivity contribution in [3.63, 3.8) is 0 Å². The molecule has 0 spiro atoms.